The number of pyridine rings is 1. The first-order valence-electron chi connectivity index (χ1n) is 5.83. The van der Waals surface area contributed by atoms with Gasteiger partial charge in [-0.05, 0) is 23.8 Å². The van der Waals surface area contributed by atoms with Crippen LogP contribution in [-0.2, 0) is 6.54 Å². The molecule has 104 valence electrons. The number of anilines is 1. The molecule has 20 heavy (non-hydrogen) atoms. The number of carbonyl (C=O) groups is 1. The van der Waals surface area contributed by atoms with Crippen molar-refractivity contribution in [2.75, 3.05) is 11.9 Å². The number of rotatable bonds is 4. The molecular formula is C14H12BrClN2O2. The standard InChI is InChI=1S/C14H12BrClN2O2/c1-18(8-9-4-2-3-5-11(9)15)13-7-10(14(19)20)6-12(16)17-13/h2-7H,8H2,1H3,(H,19,20). The number of hydrogen-bond donors (Lipinski definition) is 1. The lowest BCUT2D eigenvalue weighted by Gasteiger charge is -2.19. The van der Waals surface area contributed by atoms with Crippen LogP contribution in [0, 0.1) is 0 Å². The van der Waals surface area contributed by atoms with Crippen LogP contribution in [0.1, 0.15) is 15.9 Å². The highest BCUT2D eigenvalue weighted by Crippen LogP contribution is 2.22. The normalized spacial score (nSPS) is 10.3. The fourth-order valence-electron chi connectivity index (χ4n) is 1.77. The first kappa shape index (κ1) is 14.8. The average molecular weight is 356 g/mol. The lowest BCUT2D eigenvalue weighted by Crippen LogP contribution is -2.18. The number of nitrogens with zero attached hydrogens (tertiary/aromatic N) is 2. The number of hydrogen-bond acceptors (Lipinski definition) is 3. The molecule has 0 spiro atoms. The van der Waals surface area contributed by atoms with Crippen molar-refractivity contribution in [3.05, 3.63) is 57.2 Å². The third kappa shape index (κ3) is 3.49. The van der Waals surface area contributed by atoms with Crippen molar-refractivity contribution in [1.29, 1.82) is 0 Å². The molecule has 1 N–H and O–H groups in total. The fraction of sp³-hybridized carbons (Fsp3) is 0.143. The number of aromatic nitrogens is 1. The van der Waals surface area contributed by atoms with Gasteiger partial charge in [0.2, 0.25) is 0 Å². The van der Waals surface area contributed by atoms with Crippen molar-refractivity contribution in [2.45, 2.75) is 6.54 Å². The molecule has 2 aromatic rings. The molecule has 0 saturated carbocycles. The van der Waals surface area contributed by atoms with Gasteiger partial charge in [0.05, 0.1) is 5.56 Å². The minimum absolute atomic E-state index is 0.124. The van der Waals surface area contributed by atoms with E-state index in [2.05, 4.69) is 20.9 Å². The molecule has 0 aliphatic heterocycles. The van der Waals surface area contributed by atoms with Gasteiger partial charge in [-0.15, -0.1) is 0 Å². The topological polar surface area (TPSA) is 53.4 Å². The number of benzene rings is 1. The van der Waals surface area contributed by atoms with Crippen LogP contribution in [0.2, 0.25) is 5.15 Å². The summed E-state index contributed by atoms with van der Waals surface area (Å²) in [6, 6.07) is 10.7. The van der Waals surface area contributed by atoms with Crippen molar-refractivity contribution in [2.24, 2.45) is 0 Å². The Kier molecular flexibility index (Phi) is 4.62. The largest absolute Gasteiger partial charge is 0.478 e. The first-order chi connectivity index (χ1) is 9.47. The molecule has 2 rings (SSSR count). The number of halogens is 2. The van der Waals surface area contributed by atoms with Gasteiger partial charge in [0, 0.05) is 18.1 Å². The molecule has 0 bridgehead atoms. The SMILES string of the molecule is CN(Cc1ccccc1Br)c1cc(C(=O)O)cc(Cl)n1. The maximum absolute atomic E-state index is 11.0. The van der Waals surface area contributed by atoms with Gasteiger partial charge in [-0.2, -0.15) is 0 Å². The van der Waals surface area contributed by atoms with Crippen LogP contribution in [0.4, 0.5) is 5.82 Å². The van der Waals surface area contributed by atoms with Gasteiger partial charge >= 0.3 is 5.97 Å². The molecule has 0 atom stereocenters. The maximum Gasteiger partial charge on any atom is 0.335 e. The molecule has 0 aliphatic rings. The molecule has 1 aromatic heterocycles. The van der Waals surface area contributed by atoms with E-state index in [1.165, 1.54) is 12.1 Å². The predicted octanol–water partition coefficient (Wildman–Crippen LogP) is 3.83. The van der Waals surface area contributed by atoms with Crippen molar-refractivity contribution in [3.63, 3.8) is 0 Å². The van der Waals surface area contributed by atoms with Gasteiger partial charge in [-0.3, -0.25) is 0 Å². The molecule has 6 heteroatoms. The number of carboxylic acids is 1. The summed E-state index contributed by atoms with van der Waals surface area (Å²) in [7, 11) is 1.84. The van der Waals surface area contributed by atoms with Crippen molar-refractivity contribution < 1.29 is 9.90 Å². The molecule has 0 fully saturated rings. The van der Waals surface area contributed by atoms with Crippen LogP contribution in [0.3, 0.4) is 0 Å². The summed E-state index contributed by atoms with van der Waals surface area (Å²) in [5.74, 6) is -0.504. The Labute approximate surface area is 130 Å². The van der Waals surface area contributed by atoms with E-state index < -0.39 is 5.97 Å². The average Bonchev–Trinajstić information content (AvgIpc) is 2.40. The highest BCUT2D eigenvalue weighted by atomic mass is 79.9. The zero-order valence-electron chi connectivity index (χ0n) is 10.7. The summed E-state index contributed by atoms with van der Waals surface area (Å²) in [4.78, 5) is 17.0. The Bertz CT molecular complexity index is 649. The van der Waals surface area contributed by atoms with E-state index in [1.807, 2.05) is 36.2 Å². The molecule has 4 nitrogen and oxygen atoms in total. The molecule has 1 heterocycles. The van der Waals surface area contributed by atoms with E-state index in [-0.39, 0.29) is 10.7 Å². The lowest BCUT2D eigenvalue weighted by molar-refractivity contribution is 0.0697. The third-order valence-electron chi connectivity index (χ3n) is 2.78. The van der Waals surface area contributed by atoms with Crippen molar-refractivity contribution >= 4 is 39.3 Å². The zero-order chi connectivity index (χ0) is 14.7. The fourth-order valence-corrected chi connectivity index (χ4v) is 2.38. The summed E-state index contributed by atoms with van der Waals surface area (Å²) in [5, 5.41) is 9.20. The van der Waals surface area contributed by atoms with Crippen LogP contribution < -0.4 is 4.90 Å². The van der Waals surface area contributed by atoms with Gasteiger partial charge < -0.3 is 10.0 Å². The summed E-state index contributed by atoms with van der Waals surface area (Å²) in [5.41, 5.74) is 1.20. The van der Waals surface area contributed by atoms with Crippen LogP contribution in [-0.4, -0.2) is 23.1 Å². The van der Waals surface area contributed by atoms with Gasteiger partial charge in [-0.1, -0.05) is 45.7 Å². The molecule has 0 unspecified atom stereocenters. The minimum Gasteiger partial charge on any atom is -0.478 e. The maximum atomic E-state index is 11.0. The van der Waals surface area contributed by atoms with Crippen molar-refractivity contribution in [1.82, 2.24) is 4.98 Å². The summed E-state index contributed by atoms with van der Waals surface area (Å²) in [6.07, 6.45) is 0. The highest BCUT2D eigenvalue weighted by Gasteiger charge is 2.11. The zero-order valence-corrected chi connectivity index (χ0v) is 13.0. The Hall–Kier alpha value is -1.59. The Morgan fingerprint density at radius 3 is 2.75 bits per heavy atom. The minimum atomic E-state index is -1.02. The van der Waals surface area contributed by atoms with E-state index in [1.54, 1.807) is 0 Å². The Balaban J connectivity index is 2.27. The molecule has 0 radical (unpaired) electrons. The molecule has 0 amide bonds. The molecule has 1 aromatic carbocycles. The molecule has 0 aliphatic carbocycles. The van der Waals surface area contributed by atoms with Crippen LogP contribution in [0.15, 0.2) is 40.9 Å². The van der Waals surface area contributed by atoms with E-state index in [9.17, 15) is 4.79 Å². The van der Waals surface area contributed by atoms with Crippen LogP contribution in [0.5, 0.6) is 0 Å². The third-order valence-corrected chi connectivity index (χ3v) is 3.75. The first-order valence-corrected chi connectivity index (χ1v) is 7.00. The second-order valence-corrected chi connectivity index (χ2v) is 5.53. The lowest BCUT2D eigenvalue weighted by atomic mass is 10.2. The van der Waals surface area contributed by atoms with Crippen LogP contribution in [0.25, 0.3) is 0 Å². The van der Waals surface area contributed by atoms with Gasteiger partial charge in [-0.25, -0.2) is 9.78 Å². The smallest absolute Gasteiger partial charge is 0.335 e. The van der Waals surface area contributed by atoms with Crippen LogP contribution >= 0.6 is 27.5 Å². The van der Waals surface area contributed by atoms with E-state index in [4.69, 9.17) is 16.7 Å². The summed E-state index contributed by atoms with van der Waals surface area (Å²) >= 11 is 9.34. The quantitative estimate of drug-likeness (QED) is 0.847. The molecular weight excluding hydrogens is 344 g/mol. The Morgan fingerprint density at radius 2 is 2.10 bits per heavy atom. The van der Waals surface area contributed by atoms with Gasteiger partial charge in [0.1, 0.15) is 11.0 Å². The summed E-state index contributed by atoms with van der Waals surface area (Å²) in [6.45, 7) is 0.591. The van der Waals surface area contributed by atoms with Crippen molar-refractivity contribution in [3.8, 4) is 0 Å². The second-order valence-electron chi connectivity index (χ2n) is 4.29. The number of carboxylic acid groups (broad SMARTS) is 1. The predicted molar refractivity (Wildman–Crippen MR) is 82.5 cm³/mol. The summed E-state index contributed by atoms with van der Waals surface area (Å²) < 4.78 is 0.993. The van der Waals surface area contributed by atoms with Gasteiger partial charge in [0.25, 0.3) is 0 Å². The monoisotopic (exact) mass is 354 g/mol. The van der Waals surface area contributed by atoms with Gasteiger partial charge in [0.15, 0.2) is 0 Å². The van der Waals surface area contributed by atoms with E-state index >= 15 is 0 Å². The van der Waals surface area contributed by atoms with E-state index in [0.717, 1.165) is 10.0 Å². The van der Waals surface area contributed by atoms with E-state index in [0.29, 0.717) is 12.4 Å². The number of aromatic carboxylic acids is 1. The Morgan fingerprint density at radius 1 is 1.40 bits per heavy atom. The highest BCUT2D eigenvalue weighted by molar-refractivity contribution is 9.10. The second kappa shape index (κ2) is 6.24. The molecule has 0 saturated heterocycles.